The Morgan fingerprint density at radius 3 is 1.93 bits per heavy atom. The van der Waals surface area contributed by atoms with E-state index in [0.717, 1.165) is 16.9 Å². The average molecular weight is 555 g/mol. The Hall–Kier alpha value is -5.02. The maximum absolute atomic E-state index is 12.8. The second-order valence-electron chi connectivity index (χ2n) is 8.57. The molecule has 2 aromatic heterocycles. The van der Waals surface area contributed by atoms with E-state index in [1.807, 2.05) is 48.5 Å². The minimum atomic E-state index is -0.673. The molecule has 2 heterocycles. The van der Waals surface area contributed by atoms with Crippen molar-refractivity contribution >= 4 is 40.3 Å². The molecule has 0 radical (unpaired) electrons. The predicted molar refractivity (Wildman–Crippen MR) is 152 cm³/mol. The van der Waals surface area contributed by atoms with E-state index in [9.17, 15) is 9.59 Å². The molecular weight excluding hydrogens is 532 g/mol. The lowest BCUT2D eigenvalue weighted by molar-refractivity contribution is -0.119. The number of benzene rings is 3. The number of anilines is 1. The van der Waals surface area contributed by atoms with E-state index in [0.29, 0.717) is 39.0 Å². The number of rotatable bonds is 8. The summed E-state index contributed by atoms with van der Waals surface area (Å²) in [5.74, 6) is 0.530. The first-order valence-corrected chi connectivity index (χ1v) is 12.5. The topological polar surface area (TPSA) is 113 Å². The van der Waals surface area contributed by atoms with Crippen LogP contribution >= 0.6 is 11.6 Å². The van der Waals surface area contributed by atoms with Crippen LogP contribution in [0.1, 0.15) is 10.4 Å². The smallest absolute Gasteiger partial charge is 0.338 e. The third-order valence-corrected chi connectivity index (χ3v) is 6.18. The van der Waals surface area contributed by atoms with Gasteiger partial charge < -0.3 is 19.5 Å². The van der Waals surface area contributed by atoms with Crippen LogP contribution in [0.25, 0.3) is 33.5 Å². The summed E-state index contributed by atoms with van der Waals surface area (Å²) < 4.78 is 15.8. The molecule has 0 bridgehead atoms. The van der Waals surface area contributed by atoms with E-state index in [1.165, 1.54) is 6.20 Å². The fraction of sp³-hybridized carbons (Fsp3) is 0.100. The summed E-state index contributed by atoms with van der Waals surface area (Å²) in [7, 11) is 3.21. The highest BCUT2D eigenvalue weighted by Crippen LogP contribution is 2.33. The lowest BCUT2D eigenvalue weighted by Crippen LogP contribution is -2.21. The molecule has 0 spiro atoms. The molecule has 0 fully saturated rings. The van der Waals surface area contributed by atoms with E-state index >= 15 is 0 Å². The third kappa shape index (κ3) is 6.00. The Morgan fingerprint density at radius 1 is 0.775 bits per heavy atom. The SMILES string of the molecule is COc1ccc(-c2nc3ccc(C(=O)OCC(=O)Nc4ccc(Cl)cn4)cc3nc2-c2ccc(OC)cc2)cc1. The first kappa shape index (κ1) is 26.6. The summed E-state index contributed by atoms with van der Waals surface area (Å²) in [5, 5.41) is 2.98. The Balaban J connectivity index is 1.43. The molecule has 1 amide bonds. The molecule has 0 aliphatic carbocycles. The van der Waals surface area contributed by atoms with E-state index in [4.69, 9.17) is 35.8 Å². The van der Waals surface area contributed by atoms with Crippen molar-refractivity contribution in [1.82, 2.24) is 15.0 Å². The number of aromatic nitrogens is 3. The summed E-state index contributed by atoms with van der Waals surface area (Å²) in [5.41, 5.74) is 4.28. The molecule has 200 valence electrons. The lowest BCUT2D eigenvalue weighted by atomic mass is 10.0. The van der Waals surface area contributed by atoms with Crippen LogP contribution in [-0.4, -0.2) is 47.7 Å². The zero-order chi connectivity index (χ0) is 28.1. The van der Waals surface area contributed by atoms with Crippen LogP contribution in [0.15, 0.2) is 85.1 Å². The van der Waals surface area contributed by atoms with Crippen LogP contribution in [0, 0.1) is 0 Å². The first-order chi connectivity index (χ1) is 19.4. The van der Waals surface area contributed by atoms with Gasteiger partial charge in [0.1, 0.15) is 17.3 Å². The number of pyridine rings is 1. The number of nitrogens with one attached hydrogen (secondary N) is 1. The monoisotopic (exact) mass is 554 g/mol. The zero-order valence-electron chi connectivity index (χ0n) is 21.6. The first-order valence-electron chi connectivity index (χ1n) is 12.1. The Bertz CT molecular complexity index is 1670. The standard InChI is InChI=1S/C30H23ClN4O5/c1-38-22-9-3-18(4-10-22)28-29(19-5-11-23(39-2)12-6-19)34-25-15-20(7-13-24(25)33-28)30(37)40-17-27(36)35-26-14-8-21(31)16-32-26/h3-16H,17H2,1-2H3,(H,32,35,36). The molecule has 0 saturated carbocycles. The van der Waals surface area contributed by atoms with Gasteiger partial charge in [0.2, 0.25) is 0 Å². The van der Waals surface area contributed by atoms with Gasteiger partial charge in [0.05, 0.1) is 47.2 Å². The maximum Gasteiger partial charge on any atom is 0.338 e. The van der Waals surface area contributed by atoms with Crippen molar-refractivity contribution < 1.29 is 23.8 Å². The van der Waals surface area contributed by atoms with Gasteiger partial charge in [0.15, 0.2) is 6.61 Å². The van der Waals surface area contributed by atoms with Crippen LogP contribution < -0.4 is 14.8 Å². The molecule has 0 unspecified atom stereocenters. The van der Waals surface area contributed by atoms with Crippen molar-refractivity contribution in [3.05, 3.63) is 95.6 Å². The van der Waals surface area contributed by atoms with Gasteiger partial charge in [-0.05, 0) is 78.9 Å². The van der Waals surface area contributed by atoms with Crippen molar-refractivity contribution in [1.29, 1.82) is 0 Å². The van der Waals surface area contributed by atoms with Crippen LogP contribution in [-0.2, 0) is 9.53 Å². The van der Waals surface area contributed by atoms with Crippen molar-refractivity contribution in [2.45, 2.75) is 0 Å². The van der Waals surface area contributed by atoms with E-state index < -0.39 is 18.5 Å². The highest BCUT2D eigenvalue weighted by molar-refractivity contribution is 6.30. The fourth-order valence-corrected chi connectivity index (χ4v) is 4.04. The average Bonchev–Trinajstić information content (AvgIpc) is 3.00. The predicted octanol–water partition coefficient (Wildman–Crippen LogP) is 5.82. The van der Waals surface area contributed by atoms with Gasteiger partial charge in [-0.2, -0.15) is 0 Å². The van der Waals surface area contributed by atoms with E-state index in [1.54, 1.807) is 44.6 Å². The van der Waals surface area contributed by atoms with Crippen molar-refractivity contribution in [2.75, 3.05) is 26.1 Å². The largest absolute Gasteiger partial charge is 0.497 e. The molecule has 40 heavy (non-hydrogen) atoms. The van der Waals surface area contributed by atoms with Gasteiger partial charge in [-0.25, -0.2) is 19.7 Å². The number of nitrogens with zero attached hydrogens (tertiary/aromatic N) is 3. The molecule has 5 rings (SSSR count). The van der Waals surface area contributed by atoms with Crippen LogP contribution in [0.5, 0.6) is 11.5 Å². The molecule has 0 saturated heterocycles. The number of fused-ring (bicyclic) bond motifs is 1. The number of hydrogen-bond acceptors (Lipinski definition) is 8. The number of carbonyl (C=O) groups is 2. The quantitative estimate of drug-likeness (QED) is 0.239. The normalized spacial score (nSPS) is 10.7. The number of ether oxygens (including phenoxy) is 3. The second kappa shape index (κ2) is 11.8. The Kier molecular flexibility index (Phi) is 7.84. The molecule has 10 heteroatoms. The molecule has 3 aromatic carbocycles. The van der Waals surface area contributed by atoms with Gasteiger partial charge >= 0.3 is 5.97 Å². The summed E-state index contributed by atoms with van der Waals surface area (Å²) in [6, 6.07) is 23.0. The highest BCUT2D eigenvalue weighted by Gasteiger charge is 2.17. The minimum Gasteiger partial charge on any atom is -0.497 e. The summed E-state index contributed by atoms with van der Waals surface area (Å²) >= 11 is 5.80. The van der Waals surface area contributed by atoms with Gasteiger partial charge in [0.25, 0.3) is 5.91 Å². The van der Waals surface area contributed by atoms with Crippen LogP contribution in [0.4, 0.5) is 5.82 Å². The van der Waals surface area contributed by atoms with E-state index in [2.05, 4.69) is 10.3 Å². The zero-order valence-corrected chi connectivity index (χ0v) is 22.3. The second-order valence-corrected chi connectivity index (χ2v) is 9.00. The fourth-order valence-electron chi connectivity index (χ4n) is 3.92. The summed E-state index contributed by atoms with van der Waals surface area (Å²) in [4.78, 5) is 38.7. The molecule has 0 atom stereocenters. The van der Waals surface area contributed by atoms with Gasteiger partial charge in [-0.1, -0.05) is 11.6 Å². The van der Waals surface area contributed by atoms with Crippen molar-refractivity contribution in [3.8, 4) is 34.0 Å². The Morgan fingerprint density at radius 2 is 1.38 bits per heavy atom. The summed E-state index contributed by atoms with van der Waals surface area (Å²) in [6.45, 7) is -0.486. The van der Waals surface area contributed by atoms with Crippen molar-refractivity contribution in [3.63, 3.8) is 0 Å². The molecular formula is C30H23ClN4O5. The molecule has 0 aliphatic rings. The van der Waals surface area contributed by atoms with Gasteiger partial charge in [-0.3, -0.25) is 4.79 Å². The number of methoxy groups -OCH3 is 2. The number of halogens is 1. The summed E-state index contributed by atoms with van der Waals surface area (Å²) in [6.07, 6.45) is 1.40. The van der Waals surface area contributed by atoms with Crippen LogP contribution in [0.2, 0.25) is 5.02 Å². The maximum atomic E-state index is 12.8. The van der Waals surface area contributed by atoms with Gasteiger partial charge in [-0.15, -0.1) is 0 Å². The number of carbonyl (C=O) groups excluding carboxylic acids is 2. The highest BCUT2D eigenvalue weighted by atomic mass is 35.5. The number of esters is 1. The number of hydrogen-bond donors (Lipinski definition) is 1. The Labute approximate surface area is 234 Å². The van der Waals surface area contributed by atoms with Gasteiger partial charge in [0, 0.05) is 17.3 Å². The third-order valence-electron chi connectivity index (χ3n) is 5.96. The lowest BCUT2D eigenvalue weighted by Gasteiger charge is -2.12. The van der Waals surface area contributed by atoms with E-state index in [-0.39, 0.29) is 5.56 Å². The minimum absolute atomic E-state index is 0.233. The molecule has 9 nitrogen and oxygen atoms in total. The molecule has 0 aliphatic heterocycles. The molecule has 5 aromatic rings. The molecule has 1 N–H and O–H groups in total. The van der Waals surface area contributed by atoms with Crippen molar-refractivity contribution in [2.24, 2.45) is 0 Å². The van der Waals surface area contributed by atoms with Crippen LogP contribution in [0.3, 0.4) is 0 Å². The number of amides is 1.